The van der Waals surface area contributed by atoms with Crippen LogP contribution in [0.5, 0.6) is 5.75 Å². The molecule has 2 amide bonds. The van der Waals surface area contributed by atoms with Gasteiger partial charge in [-0.2, -0.15) is 0 Å². The van der Waals surface area contributed by atoms with Crippen molar-refractivity contribution in [2.75, 3.05) is 44.9 Å². The fourth-order valence-electron chi connectivity index (χ4n) is 4.43. The third-order valence-corrected chi connectivity index (χ3v) is 6.73. The maximum absolute atomic E-state index is 13.0. The Hall–Kier alpha value is -3.40. The predicted octanol–water partition coefficient (Wildman–Crippen LogP) is 3.33. The van der Waals surface area contributed by atoms with Crippen LogP contribution < -0.4 is 21.1 Å². The van der Waals surface area contributed by atoms with Gasteiger partial charge in [0.2, 0.25) is 5.91 Å². The van der Waals surface area contributed by atoms with Crippen molar-refractivity contribution in [2.24, 2.45) is 0 Å². The molecule has 4 rings (SSSR count). The van der Waals surface area contributed by atoms with Gasteiger partial charge in [0.1, 0.15) is 5.75 Å². The number of carbonyl (C=O) groups excluding carboxylic acids is 2. The smallest absolute Gasteiger partial charge is 0.255 e. The molecule has 1 fully saturated rings. The van der Waals surface area contributed by atoms with E-state index in [9.17, 15) is 9.59 Å². The van der Waals surface area contributed by atoms with E-state index in [0.717, 1.165) is 23.1 Å². The standard InChI is InChI=1S/C26H30ClN5O4/c1-35-23-14-19(28)18(27)13-17(23)26(34)31-22-8-11-32(15-24(22)36-2)12-9-25(33)30-21-7-3-6-20-16(21)5-4-10-29-20/h3-7,10,13-14,22,24H,8-9,11-12,15,28H2,1-2H3,(H,30,33)(H,31,34)/t22-,24+/m0/s1. The molecule has 0 radical (unpaired) electrons. The van der Waals surface area contributed by atoms with Gasteiger partial charge >= 0.3 is 0 Å². The number of piperidine rings is 1. The predicted molar refractivity (Wildman–Crippen MR) is 141 cm³/mol. The minimum atomic E-state index is -0.307. The van der Waals surface area contributed by atoms with Crippen molar-refractivity contribution in [2.45, 2.75) is 25.0 Å². The zero-order chi connectivity index (χ0) is 25.7. The molecule has 2 atom stereocenters. The lowest BCUT2D eigenvalue weighted by molar-refractivity contribution is -0.116. The zero-order valence-electron chi connectivity index (χ0n) is 20.3. The monoisotopic (exact) mass is 511 g/mol. The number of benzene rings is 2. The number of fused-ring (bicyclic) bond motifs is 1. The van der Waals surface area contributed by atoms with E-state index in [4.69, 9.17) is 26.8 Å². The van der Waals surface area contributed by atoms with Gasteiger partial charge < -0.3 is 30.7 Å². The van der Waals surface area contributed by atoms with Crippen LogP contribution in [0.25, 0.3) is 10.9 Å². The van der Waals surface area contributed by atoms with Crippen LogP contribution in [-0.4, -0.2) is 67.7 Å². The molecule has 0 aliphatic carbocycles. The highest BCUT2D eigenvalue weighted by atomic mass is 35.5. The summed E-state index contributed by atoms with van der Waals surface area (Å²) in [6, 6.07) is 12.3. The molecule has 10 heteroatoms. The molecule has 2 aromatic carbocycles. The Labute approximate surface area is 214 Å². The lowest BCUT2D eigenvalue weighted by Gasteiger charge is -2.38. The third kappa shape index (κ3) is 5.87. The van der Waals surface area contributed by atoms with Crippen molar-refractivity contribution < 1.29 is 19.1 Å². The molecule has 2 heterocycles. The summed E-state index contributed by atoms with van der Waals surface area (Å²) in [6.07, 6.45) is 2.51. The number of amides is 2. The van der Waals surface area contributed by atoms with E-state index in [0.29, 0.717) is 42.9 Å². The van der Waals surface area contributed by atoms with Gasteiger partial charge in [-0.1, -0.05) is 17.7 Å². The number of halogens is 1. The highest BCUT2D eigenvalue weighted by Crippen LogP contribution is 2.29. The van der Waals surface area contributed by atoms with Crippen LogP contribution >= 0.6 is 11.6 Å². The number of likely N-dealkylation sites (tertiary alicyclic amines) is 1. The third-order valence-electron chi connectivity index (χ3n) is 6.40. The second-order valence-electron chi connectivity index (χ2n) is 8.69. The van der Waals surface area contributed by atoms with Crippen LogP contribution in [0.3, 0.4) is 0 Å². The molecule has 1 saturated heterocycles. The molecule has 1 aliphatic heterocycles. The number of carbonyl (C=O) groups is 2. The van der Waals surface area contributed by atoms with Gasteiger partial charge in [0.25, 0.3) is 5.91 Å². The van der Waals surface area contributed by atoms with Crippen LogP contribution in [0, 0.1) is 0 Å². The summed E-state index contributed by atoms with van der Waals surface area (Å²) in [6.45, 7) is 1.89. The first-order valence-corrected chi connectivity index (χ1v) is 12.1. The minimum absolute atomic E-state index is 0.0666. The van der Waals surface area contributed by atoms with Crippen molar-refractivity contribution >= 4 is 45.7 Å². The van der Waals surface area contributed by atoms with Crippen LogP contribution in [0.2, 0.25) is 5.02 Å². The molecular weight excluding hydrogens is 482 g/mol. The number of ether oxygens (including phenoxy) is 2. The van der Waals surface area contributed by atoms with E-state index in [1.807, 2.05) is 30.3 Å². The summed E-state index contributed by atoms with van der Waals surface area (Å²) in [7, 11) is 3.10. The molecule has 0 spiro atoms. The maximum atomic E-state index is 13.0. The Bertz CT molecular complexity index is 1250. The van der Waals surface area contributed by atoms with E-state index >= 15 is 0 Å². The first kappa shape index (κ1) is 25.7. The van der Waals surface area contributed by atoms with Crippen LogP contribution in [0.15, 0.2) is 48.7 Å². The summed E-state index contributed by atoms with van der Waals surface area (Å²) in [4.78, 5) is 32.1. The second-order valence-corrected chi connectivity index (χ2v) is 9.10. The normalized spacial score (nSPS) is 18.1. The summed E-state index contributed by atoms with van der Waals surface area (Å²) < 4.78 is 11.0. The largest absolute Gasteiger partial charge is 0.496 e. The number of nitrogens with two attached hydrogens (primary N) is 1. The molecular formula is C26H30ClN5O4. The van der Waals surface area contributed by atoms with Crippen molar-refractivity contribution in [1.29, 1.82) is 0 Å². The minimum Gasteiger partial charge on any atom is -0.496 e. The number of nitrogen functional groups attached to an aromatic ring is 1. The summed E-state index contributed by atoms with van der Waals surface area (Å²) in [5, 5.41) is 7.23. The van der Waals surface area contributed by atoms with Gasteiger partial charge in [-0.15, -0.1) is 0 Å². The highest BCUT2D eigenvalue weighted by Gasteiger charge is 2.31. The number of hydrogen-bond acceptors (Lipinski definition) is 7. The molecule has 0 unspecified atom stereocenters. The Kier molecular flexibility index (Phi) is 8.25. The van der Waals surface area contributed by atoms with Crippen molar-refractivity contribution in [3.8, 4) is 5.75 Å². The van der Waals surface area contributed by atoms with Gasteiger partial charge in [0.15, 0.2) is 0 Å². The average Bonchev–Trinajstić information content (AvgIpc) is 2.89. The van der Waals surface area contributed by atoms with Crippen molar-refractivity contribution in [3.63, 3.8) is 0 Å². The van der Waals surface area contributed by atoms with Crippen molar-refractivity contribution in [1.82, 2.24) is 15.2 Å². The van der Waals surface area contributed by atoms with Gasteiger partial charge in [-0.25, -0.2) is 0 Å². The lowest BCUT2D eigenvalue weighted by atomic mass is 10.0. The quantitative estimate of drug-likeness (QED) is 0.397. The van der Waals surface area contributed by atoms with Gasteiger partial charge in [-0.3, -0.25) is 14.6 Å². The molecule has 1 aliphatic rings. The average molecular weight is 512 g/mol. The molecule has 9 nitrogen and oxygen atoms in total. The fraction of sp³-hybridized carbons (Fsp3) is 0.346. The Morgan fingerprint density at radius 1 is 1.22 bits per heavy atom. The maximum Gasteiger partial charge on any atom is 0.255 e. The highest BCUT2D eigenvalue weighted by molar-refractivity contribution is 6.33. The number of nitrogens with one attached hydrogen (secondary N) is 2. The molecule has 0 saturated carbocycles. The van der Waals surface area contributed by atoms with E-state index in [-0.39, 0.29) is 29.0 Å². The molecule has 1 aromatic heterocycles. The number of anilines is 2. The Morgan fingerprint density at radius 3 is 2.83 bits per heavy atom. The Balaban J connectivity index is 1.32. The van der Waals surface area contributed by atoms with Crippen LogP contribution in [-0.2, 0) is 9.53 Å². The van der Waals surface area contributed by atoms with Crippen molar-refractivity contribution in [3.05, 3.63) is 59.2 Å². The summed E-state index contributed by atoms with van der Waals surface area (Å²) in [5.41, 5.74) is 8.07. The first-order chi connectivity index (χ1) is 17.4. The number of nitrogens with zero attached hydrogens (tertiary/aromatic N) is 2. The molecule has 190 valence electrons. The molecule has 36 heavy (non-hydrogen) atoms. The number of methoxy groups -OCH3 is 2. The zero-order valence-corrected chi connectivity index (χ0v) is 21.0. The van der Waals surface area contributed by atoms with Crippen LogP contribution in [0.1, 0.15) is 23.2 Å². The molecule has 4 N–H and O–H groups in total. The Morgan fingerprint density at radius 2 is 2.06 bits per heavy atom. The van der Waals surface area contributed by atoms with Crippen LogP contribution in [0.4, 0.5) is 11.4 Å². The number of pyridine rings is 1. The van der Waals surface area contributed by atoms with E-state index in [2.05, 4.69) is 20.5 Å². The van der Waals surface area contributed by atoms with E-state index in [1.165, 1.54) is 19.2 Å². The first-order valence-electron chi connectivity index (χ1n) is 11.7. The molecule has 3 aromatic rings. The second kappa shape index (κ2) is 11.6. The number of hydrogen-bond donors (Lipinski definition) is 3. The molecule has 0 bridgehead atoms. The van der Waals surface area contributed by atoms with Gasteiger partial charge in [0.05, 0.1) is 46.7 Å². The fourth-order valence-corrected chi connectivity index (χ4v) is 4.60. The SMILES string of the molecule is COc1cc(N)c(Cl)cc1C(=O)N[C@H]1CCN(CCC(=O)Nc2cccc3ncccc23)C[C@H]1OC. The topological polar surface area (TPSA) is 119 Å². The van der Waals surface area contributed by atoms with Gasteiger partial charge in [-0.05, 0) is 36.8 Å². The number of rotatable bonds is 8. The van der Waals surface area contributed by atoms with E-state index in [1.54, 1.807) is 13.3 Å². The van der Waals surface area contributed by atoms with E-state index < -0.39 is 0 Å². The lowest BCUT2D eigenvalue weighted by Crippen LogP contribution is -2.55. The summed E-state index contributed by atoms with van der Waals surface area (Å²) >= 11 is 6.12. The number of aromatic nitrogens is 1. The van der Waals surface area contributed by atoms with Gasteiger partial charge in [0, 0.05) is 50.8 Å². The summed E-state index contributed by atoms with van der Waals surface area (Å²) in [5.74, 6) is -0.0185.